The van der Waals surface area contributed by atoms with Crippen LogP contribution >= 0.6 is 11.6 Å². The van der Waals surface area contributed by atoms with Gasteiger partial charge in [-0.15, -0.1) is 5.53 Å². The number of halogens is 1. The summed E-state index contributed by atoms with van der Waals surface area (Å²) in [5.74, 6) is 1.42. The van der Waals surface area contributed by atoms with Crippen molar-refractivity contribution in [3.05, 3.63) is 45.9 Å². The van der Waals surface area contributed by atoms with E-state index in [1.54, 1.807) is 6.20 Å². The van der Waals surface area contributed by atoms with Gasteiger partial charge in [-0.05, 0) is 58.1 Å². The molecule has 2 unspecified atom stereocenters. The van der Waals surface area contributed by atoms with Crippen LogP contribution in [0.1, 0.15) is 52.5 Å². The van der Waals surface area contributed by atoms with Crippen LogP contribution in [-0.4, -0.2) is 75.7 Å². The molecule has 1 aromatic heterocycles. The lowest BCUT2D eigenvalue weighted by Gasteiger charge is -2.38. The van der Waals surface area contributed by atoms with Crippen molar-refractivity contribution in [2.24, 2.45) is 5.92 Å². The van der Waals surface area contributed by atoms with Gasteiger partial charge in [0.2, 0.25) is 12.3 Å². The van der Waals surface area contributed by atoms with E-state index in [-0.39, 0.29) is 6.10 Å². The van der Waals surface area contributed by atoms with Gasteiger partial charge in [0, 0.05) is 57.4 Å². The molecule has 3 fully saturated rings. The molecule has 0 radical (unpaired) electrons. The van der Waals surface area contributed by atoms with Crippen LogP contribution in [0.25, 0.3) is 0 Å². The molecule has 2 saturated heterocycles. The molecule has 10 heteroatoms. The smallest absolute Gasteiger partial charge is 0.218 e. The van der Waals surface area contributed by atoms with Gasteiger partial charge >= 0.3 is 0 Å². The average Bonchev–Trinajstić information content (AvgIpc) is 3.54. The van der Waals surface area contributed by atoms with Gasteiger partial charge in [-0.3, -0.25) is 14.8 Å². The van der Waals surface area contributed by atoms with Crippen LogP contribution in [-0.2, 0) is 11.3 Å². The highest BCUT2D eigenvalue weighted by Gasteiger charge is 2.34. The van der Waals surface area contributed by atoms with Crippen molar-refractivity contribution < 1.29 is 14.6 Å². The molecule has 198 valence electrons. The highest BCUT2D eigenvalue weighted by Crippen LogP contribution is 2.35. The summed E-state index contributed by atoms with van der Waals surface area (Å²) in [5.41, 5.74) is 10.7. The third kappa shape index (κ3) is 6.15. The summed E-state index contributed by atoms with van der Waals surface area (Å²) >= 11 is 6.33. The molecule has 0 bridgehead atoms. The molecule has 0 spiro atoms. The number of fused-ring (bicyclic) bond motifs is 1. The Hall–Kier alpha value is -1.88. The number of pyridine rings is 1. The highest BCUT2D eigenvalue weighted by atomic mass is 35.5. The Bertz CT molecular complexity index is 1010. The van der Waals surface area contributed by atoms with Gasteiger partial charge in [0.25, 0.3) is 0 Å². The Morgan fingerprint density at radius 3 is 2.67 bits per heavy atom. The van der Waals surface area contributed by atoms with E-state index in [4.69, 9.17) is 21.1 Å². The second-order valence-corrected chi connectivity index (χ2v) is 11.7. The summed E-state index contributed by atoms with van der Waals surface area (Å²) in [7, 11) is 0. The van der Waals surface area contributed by atoms with Crippen LogP contribution < -0.4 is 15.7 Å². The lowest BCUT2D eigenvalue weighted by Crippen LogP contribution is -2.52. The van der Waals surface area contributed by atoms with Crippen LogP contribution in [0.4, 0.5) is 0 Å². The maximum Gasteiger partial charge on any atom is 0.218 e. The minimum atomic E-state index is -0.891. The molecule has 2 aliphatic carbocycles. The molecule has 4 aliphatic rings. The van der Waals surface area contributed by atoms with E-state index in [1.165, 1.54) is 24.1 Å². The summed E-state index contributed by atoms with van der Waals surface area (Å²) in [6.45, 7) is 12.8. The predicted molar refractivity (Wildman–Crippen MR) is 138 cm³/mol. The topological polar surface area (TPSA) is 85.4 Å². The van der Waals surface area contributed by atoms with Crippen molar-refractivity contribution in [1.29, 1.82) is 0 Å². The molecule has 0 aromatic carbocycles. The molecule has 3 heterocycles. The second-order valence-electron chi connectivity index (χ2n) is 11.3. The number of hydrazine groups is 2. The SMILES string of the molecule is CC1=C2NNN(CC3CC3)C2=CCC1Oc1ncc(Cl)cc1CN1CCN(C(O)OC(C)(C)C)CC1. The number of piperazine rings is 1. The van der Waals surface area contributed by atoms with E-state index in [9.17, 15) is 5.11 Å². The fraction of sp³-hybridized carbons (Fsp3) is 0.654. The van der Waals surface area contributed by atoms with Crippen molar-refractivity contribution in [1.82, 2.24) is 30.8 Å². The second kappa shape index (κ2) is 10.5. The van der Waals surface area contributed by atoms with Gasteiger partial charge in [0.1, 0.15) is 6.10 Å². The minimum absolute atomic E-state index is 0.0899. The van der Waals surface area contributed by atoms with Gasteiger partial charge in [-0.1, -0.05) is 17.7 Å². The first-order chi connectivity index (χ1) is 17.2. The molecular weight excluding hydrogens is 480 g/mol. The predicted octanol–water partition coefficient (Wildman–Crippen LogP) is 2.99. The lowest BCUT2D eigenvalue weighted by atomic mass is 9.98. The van der Waals surface area contributed by atoms with Gasteiger partial charge in [-0.2, -0.15) is 0 Å². The Labute approximate surface area is 219 Å². The van der Waals surface area contributed by atoms with Crippen LogP contribution in [0.3, 0.4) is 0 Å². The Morgan fingerprint density at radius 1 is 1.22 bits per heavy atom. The number of nitrogens with zero attached hydrogens (tertiary/aromatic N) is 4. The Kier molecular flexibility index (Phi) is 7.49. The quantitative estimate of drug-likeness (QED) is 0.450. The summed E-state index contributed by atoms with van der Waals surface area (Å²) < 4.78 is 12.2. The lowest BCUT2D eigenvalue weighted by molar-refractivity contribution is -0.244. The number of aliphatic hydroxyl groups excluding tert-OH is 1. The van der Waals surface area contributed by atoms with Crippen molar-refractivity contribution >= 4 is 11.6 Å². The number of hydrogen-bond acceptors (Lipinski definition) is 9. The third-order valence-electron chi connectivity index (χ3n) is 7.12. The maximum absolute atomic E-state index is 10.4. The normalized spacial score (nSPS) is 24.4. The van der Waals surface area contributed by atoms with Crippen molar-refractivity contribution in [2.45, 2.75) is 71.6 Å². The standard InChI is InChI=1S/C26H39ClN6O3/c1-17-22(8-7-21-23(17)29-30-33(21)15-18-5-6-18)35-24-19(13-20(27)14-28-24)16-31-9-11-32(12-10-31)25(34)36-26(2,3)4/h7,13-14,18,22,25,29-30,34H,5-6,8-12,15-16H2,1-4H3. The minimum Gasteiger partial charge on any atom is -0.469 e. The van der Waals surface area contributed by atoms with E-state index < -0.39 is 12.0 Å². The molecule has 0 amide bonds. The Morgan fingerprint density at radius 2 is 1.97 bits per heavy atom. The molecule has 1 saturated carbocycles. The van der Waals surface area contributed by atoms with Crippen molar-refractivity contribution in [2.75, 3.05) is 32.7 Å². The van der Waals surface area contributed by atoms with Crippen LogP contribution in [0.2, 0.25) is 5.02 Å². The van der Waals surface area contributed by atoms with Gasteiger partial charge in [-0.25, -0.2) is 4.98 Å². The number of hydrogen-bond donors (Lipinski definition) is 3. The summed E-state index contributed by atoms with van der Waals surface area (Å²) in [5, 5.41) is 13.2. The summed E-state index contributed by atoms with van der Waals surface area (Å²) in [4.78, 5) is 8.86. The van der Waals surface area contributed by atoms with Gasteiger partial charge < -0.3 is 20.0 Å². The average molecular weight is 519 g/mol. The highest BCUT2D eigenvalue weighted by molar-refractivity contribution is 6.30. The first kappa shape index (κ1) is 25.8. The van der Waals surface area contributed by atoms with Crippen LogP contribution in [0.15, 0.2) is 35.3 Å². The Balaban J connectivity index is 1.21. The van der Waals surface area contributed by atoms with Gasteiger partial charge in [0.15, 0.2) is 0 Å². The van der Waals surface area contributed by atoms with E-state index in [0.717, 1.165) is 56.3 Å². The summed E-state index contributed by atoms with van der Waals surface area (Å²) in [6.07, 6.45) is 6.36. The van der Waals surface area contributed by atoms with Crippen molar-refractivity contribution in [3.8, 4) is 5.88 Å². The molecule has 1 aromatic rings. The van der Waals surface area contributed by atoms with E-state index >= 15 is 0 Å². The summed E-state index contributed by atoms with van der Waals surface area (Å²) in [6, 6.07) is 1.95. The maximum atomic E-state index is 10.4. The zero-order valence-corrected chi connectivity index (χ0v) is 22.5. The van der Waals surface area contributed by atoms with Gasteiger partial charge in [0.05, 0.1) is 22.0 Å². The first-order valence-corrected chi connectivity index (χ1v) is 13.4. The monoisotopic (exact) mass is 518 g/mol. The molecular formula is C26H39ClN6O3. The number of rotatable bonds is 8. The van der Waals surface area contributed by atoms with Crippen molar-refractivity contribution in [3.63, 3.8) is 0 Å². The molecule has 9 nitrogen and oxygen atoms in total. The molecule has 3 N–H and O–H groups in total. The first-order valence-electron chi connectivity index (χ1n) is 13.0. The molecule has 5 rings (SSSR count). The fourth-order valence-corrected chi connectivity index (χ4v) is 5.07. The fourth-order valence-electron chi connectivity index (χ4n) is 4.89. The van der Waals surface area contributed by atoms with E-state index in [0.29, 0.717) is 17.4 Å². The number of aliphatic hydroxyl groups is 1. The zero-order valence-electron chi connectivity index (χ0n) is 21.8. The molecule has 36 heavy (non-hydrogen) atoms. The number of nitrogens with one attached hydrogen (secondary N) is 2. The molecule has 2 aliphatic heterocycles. The number of aromatic nitrogens is 1. The van der Waals surface area contributed by atoms with E-state index in [1.807, 2.05) is 31.7 Å². The molecule has 2 atom stereocenters. The third-order valence-corrected chi connectivity index (χ3v) is 7.33. The van der Waals surface area contributed by atoms with E-state index in [2.05, 4.69) is 38.9 Å². The zero-order chi connectivity index (χ0) is 25.4. The largest absolute Gasteiger partial charge is 0.469 e. The number of ether oxygens (including phenoxy) is 2. The van der Waals surface area contributed by atoms with Crippen LogP contribution in [0, 0.1) is 5.92 Å². The van der Waals surface area contributed by atoms with Crippen LogP contribution in [0.5, 0.6) is 5.88 Å².